The molecule has 4 heteroatoms. The molecule has 0 amide bonds. The molecule has 1 saturated heterocycles. The molecule has 2 aromatic rings. The molecule has 2 heterocycles. The highest BCUT2D eigenvalue weighted by Gasteiger charge is 2.26. The fourth-order valence-corrected chi connectivity index (χ4v) is 3.31. The van der Waals surface area contributed by atoms with E-state index in [-0.39, 0.29) is 0 Å². The summed E-state index contributed by atoms with van der Waals surface area (Å²) in [6.07, 6.45) is 3.55. The first-order valence-electron chi connectivity index (χ1n) is 8.19. The molecule has 1 atom stereocenters. The van der Waals surface area contributed by atoms with Crippen molar-refractivity contribution < 1.29 is 5.11 Å². The first-order chi connectivity index (χ1) is 11.1. The summed E-state index contributed by atoms with van der Waals surface area (Å²) in [7, 11) is 0. The van der Waals surface area contributed by atoms with Crippen LogP contribution in [0.3, 0.4) is 0 Å². The summed E-state index contributed by atoms with van der Waals surface area (Å²) in [4.78, 5) is 6.90. The maximum atomic E-state index is 10.6. The van der Waals surface area contributed by atoms with Gasteiger partial charge in [-0.2, -0.15) is 0 Å². The zero-order valence-corrected chi connectivity index (χ0v) is 14.2. The lowest BCUT2D eigenvalue weighted by molar-refractivity contribution is 0.0564. The second-order valence-corrected chi connectivity index (χ2v) is 6.87. The van der Waals surface area contributed by atoms with Crippen molar-refractivity contribution in [2.75, 3.05) is 13.1 Å². The number of likely N-dealkylation sites (tertiary alicyclic amines) is 1. The summed E-state index contributed by atoms with van der Waals surface area (Å²) < 4.78 is 0. The van der Waals surface area contributed by atoms with Crippen molar-refractivity contribution in [2.45, 2.75) is 32.4 Å². The van der Waals surface area contributed by atoms with Crippen molar-refractivity contribution in [3.63, 3.8) is 0 Å². The zero-order chi connectivity index (χ0) is 16.2. The van der Waals surface area contributed by atoms with Gasteiger partial charge in [0, 0.05) is 17.8 Å². The SMILES string of the molecule is Cc1ccc(CN2CCC(C(O)c3ccc(Cl)cc3)CC2)nc1. The van der Waals surface area contributed by atoms with Gasteiger partial charge in [-0.15, -0.1) is 0 Å². The van der Waals surface area contributed by atoms with Crippen LogP contribution < -0.4 is 0 Å². The van der Waals surface area contributed by atoms with Crippen LogP contribution in [0.1, 0.15) is 35.8 Å². The van der Waals surface area contributed by atoms with Crippen molar-refractivity contribution >= 4 is 11.6 Å². The third-order valence-corrected chi connectivity index (χ3v) is 4.90. The molecule has 3 nitrogen and oxygen atoms in total. The third-order valence-electron chi connectivity index (χ3n) is 4.65. The average molecular weight is 331 g/mol. The van der Waals surface area contributed by atoms with Gasteiger partial charge in [0.05, 0.1) is 11.8 Å². The number of pyridine rings is 1. The van der Waals surface area contributed by atoms with E-state index in [4.69, 9.17) is 11.6 Å². The third kappa shape index (κ3) is 4.31. The maximum Gasteiger partial charge on any atom is 0.0819 e. The molecule has 0 bridgehead atoms. The summed E-state index contributed by atoms with van der Waals surface area (Å²) in [5, 5.41) is 11.3. The molecule has 1 aromatic carbocycles. The van der Waals surface area contributed by atoms with Gasteiger partial charge in [0.2, 0.25) is 0 Å². The van der Waals surface area contributed by atoms with E-state index < -0.39 is 6.10 Å². The molecule has 1 aromatic heterocycles. The van der Waals surface area contributed by atoms with Gasteiger partial charge in [0.1, 0.15) is 0 Å². The molecule has 0 radical (unpaired) electrons. The molecular weight excluding hydrogens is 308 g/mol. The van der Waals surface area contributed by atoms with Crippen LogP contribution in [0.15, 0.2) is 42.6 Å². The quantitative estimate of drug-likeness (QED) is 0.920. The van der Waals surface area contributed by atoms with Gasteiger partial charge >= 0.3 is 0 Å². The predicted octanol–water partition coefficient (Wildman–Crippen LogP) is 3.99. The van der Waals surface area contributed by atoms with E-state index in [0.29, 0.717) is 10.9 Å². The van der Waals surface area contributed by atoms with Crippen LogP contribution >= 0.6 is 11.6 Å². The van der Waals surface area contributed by atoms with Gasteiger partial charge in [0.25, 0.3) is 0 Å². The van der Waals surface area contributed by atoms with Crippen molar-refractivity contribution in [3.05, 3.63) is 64.4 Å². The molecule has 1 aliphatic rings. The lowest BCUT2D eigenvalue weighted by atomic mass is 9.87. The Morgan fingerprint density at radius 2 is 1.87 bits per heavy atom. The van der Waals surface area contributed by atoms with Gasteiger partial charge in [-0.1, -0.05) is 29.8 Å². The second kappa shape index (κ2) is 7.43. The molecule has 3 rings (SSSR count). The predicted molar refractivity (Wildman–Crippen MR) is 93.4 cm³/mol. The van der Waals surface area contributed by atoms with Crippen LogP contribution in [0.2, 0.25) is 5.02 Å². The molecule has 1 fully saturated rings. The van der Waals surface area contributed by atoms with Crippen LogP contribution in [0.4, 0.5) is 0 Å². The number of hydrogen-bond acceptors (Lipinski definition) is 3. The first-order valence-corrected chi connectivity index (χ1v) is 8.57. The Hall–Kier alpha value is -1.42. The summed E-state index contributed by atoms with van der Waals surface area (Å²) in [6.45, 7) is 4.96. The minimum atomic E-state index is -0.396. The summed E-state index contributed by atoms with van der Waals surface area (Å²) in [5.74, 6) is 0.318. The van der Waals surface area contributed by atoms with Crippen molar-refractivity contribution in [3.8, 4) is 0 Å². The highest BCUT2D eigenvalue weighted by molar-refractivity contribution is 6.30. The van der Waals surface area contributed by atoms with E-state index in [9.17, 15) is 5.11 Å². The van der Waals surface area contributed by atoms with Crippen LogP contribution in [-0.4, -0.2) is 28.1 Å². The van der Waals surface area contributed by atoms with E-state index in [1.807, 2.05) is 30.5 Å². The summed E-state index contributed by atoms with van der Waals surface area (Å²) in [5.41, 5.74) is 3.28. The summed E-state index contributed by atoms with van der Waals surface area (Å²) >= 11 is 5.91. The van der Waals surface area contributed by atoms with E-state index in [0.717, 1.165) is 43.7 Å². The topological polar surface area (TPSA) is 36.4 Å². The molecule has 0 spiro atoms. The number of aromatic nitrogens is 1. The van der Waals surface area contributed by atoms with Gasteiger partial charge in [-0.3, -0.25) is 9.88 Å². The van der Waals surface area contributed by atoms with Crippen LogP contribution in [0.5, 0.6) is 0 Å². The van der Waals surface area contributed by atoms with Crippen molar-refractivity contribution in [1.82, 2.24) is 9.88 Å². The van der Waals surface area contributed by atoms with E-state index in [2.05, 4.69) is 28.9 Å². The number of aryl methyl sites for hydroxylation is 1. The largest absolute Gasteiger partial charge is 0.388 e. The molecule has 23 heavy (non-hydrogen) atoms. The lowest BCUT2D eigenvalue weighted by Gasteiger charge is -2.34. The Labute approximate surface area is 142 Å². The van der Waals surface area contributed by atoms with Gasteiger partial charge in [-0.25, -0.2) is 0 Å². The Balaban J connectivity index is 1.53. The fraction of sp³-hybridized carbons (Fsp3) is 0.421. The van der Waals surface area contributed by atoms with Gasteiger partial charge < -0.3 is 5.11 Å². The number of hydrogen-bond donors (Lipinski definition) is 1. The van der Waals surface area contributed by atoms with E-state index in [1.54, 1.807) is 0 Å². The lowest BCUT2D eigenvalue weighted by Crippen LogP contribution is -2.35. The van der Waals surface area contributed by atoms with E-state index in [1.165, 1.54) is 5.56 Å². The second-order valence-electron chi connectivity index (χ2n) is 6.44. The molecule has 1 unspecified atom stereocenters. The van der Waals surface area contributed by atoms with Crippen LogP contribution in [0.25, 0.3) is 0 Å². The molecule has 0 aliphatic carbocycles. The number of piperidine rings is 1. The molecular formula is C19H23ClN2O. The first kappa shape index (κ1) is 16.4. The zero-order valence-electron chi connectivity index (χ0n) is 13.5. The number of aliphatic hydroxyl groups is 1. The normalized spacial score (nSPS) is 18.0. The highest BCUT2D eigenvalue weighted by Crippen LogP contribution is 2.31. The Bertz CT molecular complexity index is 619. The number of aliphatic hydroxyl groups excluding tert-OH is 1. The van der Waals surface area contributed by atoms with Crippen molar-refractivity contribution in [1.29, 1.82) is 0 Å². The standard InChI is InChI=1S/C19H23ClN2O/c1-14-2-7-18(21-12-14)13-22-10-8-16(9-11-22)19(23)15-3-5-17(20)6-4-15/h2-7,12,16,19,23H,8-11,13H2,1H3. The maximum absolute atomic E-state index is 10.6. The van der Waals surface area contributed by atoms with Crippen LogP contribution in [0, 0.1) is 12.8 Å². The van der Waals surface area contributed by atoms with E-state index >= 15 is 0 Å². The highest BCUT2D eigenvalue weighted by atomic mass is 35.5. The monoisotopic (exact) mass is 330 g/mol. The Morgan fingerprint density at radius 1 is 1.17 bits per heavy atom. The van der Waals surface area contributed by atoms with Crippen LogP contribution in [-0.2, 0) is 6.54 Å². The molecule has 122 valence electrons. The average Bonchev–Trinajstić information content (AvgIpc) is 2.58. The minimum absolute atomic E-state index is 0.318. The number of nitrogens with zero attached hydrogens (tertiary/aromatic N) is 2. The number of halogens is 1. The molecule has 1 N–H and O–H groups in total. The van der Waals surface area contributed by atoms with Gasteiger partial charge in [-0.05, 0) is 68.1 Å². The van der Waals surface area contributed by atoms with Gasteiger partial charge in [0.15, 0.2) is 0 Å². The number of rotatable bonds is 4. The smallest absolute Gasteiger partial charge is 0.0819 e. The Kier molecular flexibility index (Phi) is 5.31. The molecule has 0 saturated carbocycles. The molecule has 1 aliphatic heterocycles. The Morgan fingerprint density at radius 3 is 2.48 bits per heavy atom. The van der Waals surface area contributed by atoms with Crippen molar-refractivity contribution in [2.24, 2.45) is 5.92 Å². The minimum Gasteiger partial charge on any atom is -0.388 e. The fourth-order valence-electron chi connectivity index (χ4n) is 3.18. The summed E-state index contributed by atoms with van der Waals surface area (Å²) in [6, 6.07) is 11.8. The number of benzene rings is 1.